The zero-order valence-electron chi connectivity index (χ0n) is 10.6. The van der Waals surface area contributed by atoms with Gasteiger partial charge in [0.2, 0.25) is 0 Å². The van der Waals surface area contributed by atoms with Gasteiger partial charge in [-0.1, -0.05) is 6.07 Å². The van der Waals surface area contributed by atoms with Crippen molar-refractivity contribution in [2.24, 2.45) is 0 Å². The number of carboxylic acids is 1. The summed E-state index contributed by atoms with van der Waals surface area (Å²) in [5.74, 6) is -1.84. The van der Waals surface area contributed by atoms with Crippen LogP contribution in [-0.2, 0) is 0 Å². The van der Waals surface area contributed by atoms with Crippen molar-refractivity contribution in [2.45, 2.75) is 6.92 Å². The third-order valence-corrected chi connectivity index (χ3v) is 2.86. The third kappa shape index (κ3) is 2.59. The van der Waals surface area contributed by atoms with Crippen molar-refractivity contribution in [1.29, 1.82) is 0 Å². The van der Waals surface area contributed by atoms with Crippen molar-refractivity contribution in [3.05, 3.63) is 53.3 Å². The number of nitrogens with one attached hydrogen (secondary N) is 1. The first-order valence-corrected chi connectivity index (χ1v) is 5.78. The molecule has 0 saturated heterocycles. The molecule has 0 aliphatic rings. The number of hydrogen-bond acceptors (Lipinski definition) is 4. The molecule has 0 aliphatic heterocycles. The fourth-order valence-corrected chi connectivity index (χ4v) is 1.77. The molecule has 6 nitrogen and oxygen atoms in total. The summed E-state index contributed by atoms with van der Waals surface area (Å²) in [5.41, 5.74) is 1.01. The minimum Gasteiger partial charge on any atom is -0.505 e. The largest absolute Gasteiger partial charge is 0.505 e. The molecule has 0 unspecified atom stereocenters. The monoisotopic (exact) mass is 272 g/mol. The van der Waals surface area contributed by atoms with Crippen LogP contribution in [0.5, 0.6) is 5.75 Å². The SMILES string of the molecule is Cc1c(NC(=O)c2ccncc2O)cccc1C(=O)O. The van der Waals surface area contributed by atoms with Crippen molar-refractivity contribution in [2.75, 3.05) is 5.32 Å². The van der Waals surface area contributed by atoms with E-state index in [9.17, 15) is 14.7 Å². The highest BCUT2D eigenvalue weighted by Gasteiger charge is 2.15. The third-order valence-electron chi connectivity index (χ3n) is 2.86. The number of rotatable bonds is 3. The first kappa shape index (κ1) is 13.5. The molecule has 2 aromatic rings. The summed E-state index contributed by atoms with van der Waals surface area (Å²) in [5, 5.41) is 21.2. The molecule has 0 bridgehead atoms. The Bertz CT molecular complexity index is 683. The number of carbonyl (C=O) groups excluding carboxylic acids is 1. The van der Waals surface area contributed by atoms with E-state index in [0.29, 0.717) is 11.3 Å². The van der Waals surface area contributed by atoms with E-state index in [0.717, 1.165) is 6.20 Å². The quantitative estimate of drug-likeness (QED) is 0.794. The molecule has 1 amide bonds. The Labute approximate surface area is 114 Å². The number of aromatic nitrogens is 1. The number of hydrogen-bond donors (Lipinski definition) is 3. The summed E-state index contributed by atoms with van der Waals surface area (Å²) in [4.78, 5) is 26.7. The highest BCUT2D eigenvalue weighted by Crippen LogP contribution is 2.21. The average Bonchev–Trinajstić information content (AvgIpc) is 2.41. The summed E-state index contributed by atoms with van der Waals surface area (Å²) in [6, 6.07) is 5.97. The van der Waals surface area contributed by atoms with Crippen molar-refractivity contribution in [1.82, 2.24) is 4.98 Å². The number of carboxylic acid groups (broad SMARTS) is 1. The summed E-state index contributed by atoms with van der Waals surface area (Å²) in [7, 11) is 0. The number of amides is 1. The maximum atomic E-state index is 12.0. The predicted octanol–water partition coefficient (Wildman–Crippen LogP) is 2.05. The number of carbonyl (C=O) groups is 2. The first-order valence-electron chi connectivity index (χ1n) is 5.78. The lowest BCUT2D eigenvalue weighted by atomic mass is 10.1. The maximum absolute atomic E-state index is 12.0. The molecule has 0 aliphatic carbocycles. The van der Waals surface area contributed by atoms with Crippen molar-refractivity contribution < 1.29 is 19.8 Å². The van der Waals surface area contributed by atoms with Crippen molar-refractivity contribution >= 4 is 17.6 Å². The summed E-state index contributed by atoms with van der Waals surface area (Å²) >= 11 is 0. The van der Waals surface area contributed by atoms with Crippen LogP contribution in [-0.4, -0.2) is 27.1 Å². The minimum atomic E-state index is -1.06. The summed E-state index contributed by atoms with van der Waals surface area (Å²) < 4.78 is 0. The standard InChI is InChI=1S/C14H12N2O4/c1-8-9(14(19)20)3-2-4-11(8)16-13(18)10-5-6-15-7-12(10)17/h2-7,17H,1H3,(H,16,18)(H,19,20). The van der Waals surface area contributed by atoms with E-state index in [-0.39, 0.29) is 16.9 Å². The molecule has 3 N–H and O–H groups in total. The van der Waals surface area contributed by atoms with E-state index >= 15 is 0 Å². The highest BCUT2D eigenvalue weighted by molar-refractivity contribution is 6.07. The van der Waals surface area contributed by atoms with E-state index in [1.165, 1.54) is 18.3 Å². The molecule has 0 atom stereocenters. The summed E-state index contributed by atoms with van der Waals surface area (Å²) in [6.07, 6.45) is 2.55. The van der Waals surface area contributed by atoms with Crippen LogP contribution >= 0.6 is 0 Å². The van der Waals surface area contributed by atoms with E-state index < -0.39 is 11.9 Å². The molecule has 102 valence electrons. The lowest BCUT2D eigenvalue weighted by Crippen LogP contribution is -2.14. The topological polar surface area (TPSA) is 99.5 Å². The van der Waals surface area contributed by atoms with E-state index in [4.69, 9.17) is 5.11 Å². The van der Waals surface area contributed by atoms with Crippen LogP contribution in [0.15, 0.2) is 36.7 Å². The first-order chi connectivity index (χ1) is 9.50. The van der Waals surface area contributed by atoms with Crippen LogP contribution < -0.4 is 5.32 Å². The lowest BCUT2D eigenvalue weighted by Gasteiger charge is -2.10. The van der Waals surface area contributed by atoms with E-state index in [2.05, 4.69) is 10.3 Å². The maximum Gasteiger partial charge on any atom is 0.336 e. The molecule has 2 rings (SSSR count). The van der Waals surface area contributed by atoms with Gasteiger partial charge in [0.05, 0.1) is 17.3 Å². The number of anilines is 1. The number of aromatic carboxylic acids is 1. The molecule has 0 fully saturated rings. The second-order valence-electron chi connectivity index (χ2n) is 4.13. The predicted molar refractivity (Wildman–Crippen MR) is 72.0 cm³/mol. The lowest BCUT2D eigenvalue weighted by molar-refractivity contribution is 0.0695. The van der Waals surface area contributed by atoms with Gasteiger partial charge in [-0.05, 0) is 30.7 Å². The van der Waals surface area contributed by atoms with Crippen LogP contribution in [0.2, 0.25) is 0 Å². The van der Waals surface area contributed by atoms with Gasteiger partial charge in [-0.3, -0.25) is 9.78 Å². The molecule has 20 heavy (non-hydrogen) atoms. The summed E-state index contributed by atoms with van der Waals surface area (Å²) in [6.45, 7) is 1.60. The van der Waals surface area contributed by atoms with Gasteiger partial charge in [0.15, 0.2) is 0 Å². The van der Waals surface area contributed by atoms with Gasteiger partial charge < -0.3 is 15.5 Å². The van der Waals surface area contributed by atoms with Crippen LogP contribution in [0.4, 0.5) is 5.69 Å². The molecular formula is C14H12N2O4. The second-order valence-corrected chi connectivity index (χ2v) is 4.13. The van der Waals surface area contributed by atoms with Crippen molar-refractivity contribution in [3.63, 3.8) is 0 Å². The number of benzene rings is 1. The Hall–Kier alpha value is -2.89. The zero-order valence-corrected chi connectivity index (χ0v) is 10.6. The number of pyridine rings is 1. The van der Waals surface area contributed by atoms with Gasteiger partial charge >= 0.3 is 5.97 Å². The van der Waals surface area contributed by atoms with Gasteiger partial charge in [0.25, 0.3) is 5.91 Å². The molecule has 0 spiro atoms. The zero-order chi connectivity index (χ0) is 14.7. The van der Waals surface area contributed by atoms with Gasteiger partial charge in [-0.25, -0.2) is 4.79 Å². The molecule has 1 heterocycles. The Morgan fingerprint density at radius 1 is 1.20 bits per heavy atom. The Morgan fingerprint density at radius 2 is 1.95 bits per heavy atom. The van der Waals surface area contributed by atoms with Crippen molar-refractivity contribution in [3.8, 4) is 5.75 Å². The average molecular weight is 272 g/mol. The van der Waals surface area contributed by atoms with Crippen LogP contribution in [0.1, 0.15) is 26.3 Å². The Balaban J connectivity index is 2.32. The van der Waals surface area contributed by atoms with E-state index in [1.54, 1.807) is 19.1 Å². The van der Waals surface area contributed by atoms with Crippen LogP contribution in [0, 0.1) is 6.92 Å². The van der Waals surface area contributed by atoms with Crippen LogP contribution in [0.3, 0.4) is 0 Å². The van der Waals surface area contributed by atoms with E-state index in [1.807, 2.05) is 0 Å². The number of nitrogens with zero attached hydrogens (tertiary/aromatic N) is 1. The molecule has 0 saturated carbocycles. The smallest absolute Gasteiger partial charge is 0.336 e. The number of aromatic hydroxyl groups is 1. The molecule has 6 heteroatoms. The molecule has 1 aromatic carbocycles. The van der Waals surface area contributed by atoms with Gasteiger partial charge in [-0.2, -0.15) is 0 Å². The molecule has 1 aromatic heterocycles. The highest BCUT2D eigenvalue weighted by atomic mass is 16.4. The fraction of sp³-hybridized carbons (Fsp3) is 0.0714. The minimum absolute atomic E-state index is 0.0696. The normalized spacial score (nSPS) is 10.1. The van der Waals surface area contributed by atoms with Gasteiger partial charge in [0.1, 0.15) is 5.75 Å². The second kappa shape index (κ2) is 5.40. The van der Waals surface area contributed by atoms with Gasteiger partial charge in [0, 0.05) is 11.9 Å². The van der Waals surface area contributed by atoms with Gasteiger partial charge in [-0.15, -0.1) is 0 Å². The Morgan fingerprint density at radius 3 is 2.60 bits per heavy atom. The fourth-order valence-electron chi connectivity index (χ4n) is 1.77. The van der Waals surface area contributed by atoms with Crippen LogP contribution in [0.25, 0.3) is 0 Å². The Kier molecular flexibility index (Phi) is 3.65. The molecular weight excluding hydrogens is 260 g/mol. The molecule has 0 radical (unpaired) electrons.